The molecule has 170 valence electrons. The molecule has 1 atom stereocenters. The summed E-state index contributed by atoms with van der Waals surface area (Å²) in [6.45, 7) is 9.92. The molecule has 1 aromatic carbocycles. The smallest absolute Gasteiger partial charge is 0.317 e. The Morgan fingerprint density at radius 2 is 1.94 bits per heavy atom. The van der Waals surface area contributed by atoms with E-state index in [0.29, 0.717) is 64.7 Å². The van der Waals surface area contributed by atoms with Crippen molar-refractivity contribution >= 4 is 11.9 Å². The molecule has 2 aliphatic rings. The minimum atomic E-state index is -0.381. The van der Waals surface area contributed by atoms with E-state index < -0.39 is 0 Å². The predicted octanol–water partition coefficient (Wildman–Crippen LogP) is 1.20. The molecule has 0 aromatic heterocycles. The van der Waals surface area contributed by atoms with Crippen LogP contribution in [-0.4, -0.2) is 105 Å². The third kappa shape index (κ3) is 7.02. The van der Waals surface area contributed by atoms with Gasteiger partial charge in [0, 0.05) is 51.4 Å². The predicted molar refractivity (Wildman–Crippen MR) is 114 cm³/mol. The summed E-state index contributed by atoms with van der Waals surface area (Å²) in [5.74, 6) is -0.557. The second-order valence-corrected chi connectivity index (χ2v) is 7.63. The Bertz CT molecular complexity index is 740. The fraction of sp³-hybridized carbons (Fsp3) is 0.545. The van der Waals surface area contributed by atoms with Gasteiger partial charge in [-0.1, -0.05) is 6.08 Å². The molecule has 8 nitrogen and oxygen atoms in total. The van der Waals surface area contributed by atoms with E-state index in [1.165, 1.54) is 24.3 Å². The van der Waals surface area contributed by atoms with Crippen LogP contribution in [0.5, 0.6) is 0 Å². The highest BCUT2D eigenvalue weighted by atomic mass is 19.1. The molecule has 9 heteroatoms. The van der Waals surface area contributed by atoms with Crippen LogP contribution in [0.3, 0.4) is 0 Å². The van der Waals surface area contributed by atoms with E-state index >= 15 is 0 Å². The summed E-state index contributed by atoms with van der Waals surface area (Å²) in [5, 5.41) is 2.78. The lowest BCUT2D eigenvalue weighted by Gasteiger charge is -2.36. The van der Waals surface area contributed by atoms with E-state index in [0.717, 1.165) is 13.1 Å². The maximum Gasteiger partial charge on any atom is 0.317 e. The summed E-state index contributed by atoms with van der Waals surface area (Å²) in [6, 6.07) is 5.40. The van der Waals surface area contributed by atoms with Gasteiger partial charge in [0.15, 0.2) is 0 Å². The highest BCUT2D eigenvalue weighted by Crippen LogP contribution is 2.12. The molecule has 0 bridgehead atoms. The van der Waals surface area contributed by atoms with Crippen molar-refractivity contribution in [3.05, 3.63) is 48.3 Å². The van der Waals surface area contributed by atoms with Crippen LogP contribution in [0.4, 0.5) is 9.18 Å². The van der Waals surface area contributed by atoms with Crippen molar-refractivity contribution in [1.82, 2.24) is 20.0 Å². The van der Waals surface area contributed by atoms with Crippen LogP contribution in [0, 0.1) is 5.82 Å². The minimum Gasteiger partial charge on any atom is -0.379 e. The fourth-order valence-electron chi connectivity index (χ4n) is 3.67. The SMILES string of the molecule is C=CCNC(=O)N1CCO[C@@H](CN(CCN2CCOCC2)C(=O)c2ccc(F)cc2)C1. The van der Waals surface area contributed by atoms with Gasteiger partial charge in [-0.2, -0.15) is 0 Å². The Morgan fingerprint density at radius 1 is 1.19 bits per heavy atom. The maximum absolute atomic E-state index is 13.3. The lowest BCUT2D eigenvalue weighted by Crippen LogP contribution is -2.53. The van der Waals surface area contributed by atoms with Crippen LogP contribution in [0.2, 0.25) is 0 Å². The average molecular weight is 435 g/mol. The van der Waals surface area contributed by atoms with Crippen LogP contribution in [0.1, 0.15) is 10.4 Å². The van der Waals surface area contributed by atoms with E-state index in [2.05, 4.69) is 16.8 Å². The van der Waals surface area contributed by atoms with E-state index in [1.54, 1.807) is 15.9 Å². The third-order valence-corrected chi connectivity index (χ3v) is 5.42. The molecule has 0 unspecified atom stereocenters. The number of morpholine rings is 2. The first-order valence-corrected chi connectivity index (χ1v) is 10.7. The van der Waals surface area contributed by atoms with Crippen LogP contribution in [-0.2, 0) is 9.47 Å². The van der Waals surface area contributed by atoms with Crippen LogP contribution >= 0.6 is 0 Å². The van der Waals surface area contributed by atoms with Crippen molar-refractivity contribution < 1.29 is 23.5 Å². The molecule has 31 heavy (non-hydrogen) atoms. The third-order valence-electron chi connectivity index (χ3n) is 5.42. The van der Waals surface area contributed by atoms with E-state index in [9.17, 15) is 14.0 Å². The number of rotatable bonds is 8. The Labute approximate surface area is 182 Å². The van der Waals surface area contributed by atoms with Gasteiger partial charge >= 0.3 is 6.03 Å². The second kappa shape index (κ2) is 11.8. The average Bonchev–Trinajstić information content (AvgIpc) is 2.81. The first-order chi connectivity index (χ1) is 15.1. The Kier molecular flexibility index (Phi) is 8.81. The van der Waals surface area contributed by atoms with Gasteiger partial charge < -0.3 is 24.6 Å². The summed E-state index contributed by atoms with van der Waals surface area (Å²) in [6.07, 6.45) is 1.34. The normalized spacial score (nSPS) is 19.6. The van der Waals surface area contributed by atoms with Gasteiger partial charge in [-0.3, -0.25) is 9.69 Å². The molecule has 1 aromatic rings. The molecule has 2 saturated heterocycles. The van der Waals surface area contributed by atoms with Gasteiger partial charge in [0.05, 0.1) is 32.5 Å². The Hall–Kier alpha value is -2.49. The molecular weight excluding hydrogens is 403 g/mol. The number of hydrogen-bond acceptors (Lipinski definition) is 5. The Morgan fingerprint density at radius 3 is 2.65 bits per heavy atom. The molecule has 2 fully saturated rings. The molecule has 0 radical (unpaired) electrons. The molecule has 0 spiro atoms. The van der Waals surface area contributed by atoms with Gasteiger partial charge in [-0.25, -0.2) is 9.18 Å². The van der Waals surface area contributed by atoms with Crippen molar-refractivity contribution in [3.8, 4) is 0 Å². The molecule has 0 aliphatic carbocycles. The summed E-state index contributed by atoms with van der Waals surface area (Å²) >= 11 is 0. The standard InChI is InChI=1S/C22H31FN4O4/c1-2-7-24-22(29)27-12-15-31-20(17-27)16-26(9-8-25-10-13-30-14-11-25)21(28)18-3-5-19(23)6-4-18/h2-6,20H,1,7-17H2,(H,24,29)/t20-/m0/s1. The van der Waals surface area contributed by atoms with E-state index in [-0.39, 0.29) is 23.9 Å². The first kappa shape index (κ1) is 23.2. The zero-order valence-electron chi connectivity index (χ0n) is 17.8. The topological polar surface area (TPSA) is 74.4 Å². The summed E-state index contributed by atoms with van der Waals surface area (Å²) < 4.78 is 24.6. The van der Waals surface area contributed by atoms with E-state index in [1.807, 2.05) is 0 Å². The Balaban J connectivity index is 1.64. The number of ether oxygens (including phenoxy) is 2. The molecule has 0 saturated carbocycles. The van der Waals surface area contributed by atoms with Gasteiger partial charge in [0.1, 0.15) is 5.82 Å². The summed E-state index contributed by atoms with van der Waals surface area (Å²) in [7, 11) is 0. The van der Waals surface area contributed by atoms with Crippen molar-refractivity contribution in [2.75, 3.05) is 72.2 Å². The number of nitrogens with one attached hydrogen (secondary N) is 1. The fourth-order valence-corrected chi connectivity index (χ4v) is 3.67. The minimum absolute atomic E-state index is 0.169. The number of nitrogens with zero attached hydrogens (tertiary/aromatic N) is 3. The van der Waals surface area contributed by atoms with Crippen LogP contribution in [0.15, 0.2) is 36.9 Å². The lowest BCUT2D eigenvalue weighted by atomic mass is 10.1. The van der Waals surface area contributed by atoms with Gasteiger partial charge in [0.2, 0.25) is 0 Å². The van der Waals surface area contributed by atoms with Gasteiger partial charge in [-0.15, -0.1) is 6.58 Å². The zero-order valence-corrected chi connectivity index (χ0v) is 17.8. The van der Waals surface area contributed by atoms with Crippen LogP contribution < -0.4 is 5.32 Å². The number of urea groups is 1. The molecule has 3 amide bonds. The first-order valence-electron chi connectivity index (χ1n) is 10.7. The largest absolute Gasteiger partial charge is 0.379 e. The number of hydrogen-bond donors (Lipinski definition) is 1. The molecule has 2 aliphatic heterocycles. The number of carbonyl (C=O) groups is 2. The number of carbonyl (C=O) groups excluding carboxylic acids is 2. The molecule has 3 rings (SSSR count). The van der Waals surface area contributed by atoms with Crippen molar-refractivity contribution in [3.63, 3.8) is 0 Å². The lowest BCUT2D eigenvalue weighted by molar-refractivity contribution is -0.0295. The zero-order chi connectivity index (χ0) is 22.1. The van der Waals surface area contributed by atoms with Crippen molar-refractivity contribution in [2.45, 2.75) is 6.10 Å². The summed E-state index contributed by atoms with van der Waals surface area (Å²) in [4.78, 5) is 31.1. The van der Waals surface area contributed by atoms with Gasteiger partial charge in [0.25, 0.3) is 5.91 Å². The van der Waals surface area contributed by atoms with Crippen molar-refractivity contribution in [2.24, 2.45) is 0 Å². The quantitative estimate of drug-likeness (QED) is 0.623. The molecular formula is C22H31FN4O4. The second-order valence-electron chi connectivity index (χ2n) is 7.63. The van der Waals surface area contributed by atoms with E-state index in [4.69, 9.17) is 9.47 Å². The molecule has 2 heterocycles. The molecule has 1 N–H and O–H groups in total. The number of amides is 3. The maximum atomic E-state index is 13.3. The van der Waals surface area contributed by atoms with Crippen molar-refractivity contribution in [1.29, 1.82) is 0 Å². The number of benzene rings is 1. The highest BCUT2D eigenvalue weighted by molar-refractivity contribution is 5.94. The summed E-state index contributed by atoms with van der Waals surface area (Å²) in [5.41, 5.74) is 0.430. The van der Waals surface area contributed by atoms with Crippen LogP contribution in [0.25, 0.3) is 0 Å². The highest BCUT2D eigenvalue weighted by Gasteiger charge is 2.28. The van der Waals surface area contributed by atoms with Gasteiger partial charge in [-0.05, 0) is 24.3 Å². The monoisotopic (exact) mass is 434 g/mol. The number of halogens is 1.